The Bertz CT molecular complexity index is 482. The highest BCUT2D eigenvalue weighted by molar-refractivity contribution is 5.89. The minimum absolute atomic E-state index is 0.135. The van der Waals surface area contributed by atoms with E-state index in [1.54, 1.807) is 0 Å². The Morgan fingerprint density at radius 2 is 2.10 bits per heavy atom. The van der Waals surface area contributed by atoms with E-state index in [1.807, 2.05) is 24.3 Å². The Hall–Kier alpha value is -1.75. The summed E-state index contributed by atoms with van der Waals surface area (Å²) >= 11 is 0. The minimum atomic E-state index is -0.135. The molecule has 1 aliphatic carbocycles. The SMILES string of the molecule is O=C(Nc1cccc(OCC2CO2)c1)NC1CCCCC1. The van der Waals surface area contributed by atoms with E-state index >= 15 is 0 Å². The molecule has 3 rings (SSSR count). The van der Waals surface area contributed by atoms with Crippen LogP contribution in [0.25, 0.3) is 0 Å². The van der Waals surface area contributed by atoms with Crippen LogP contribution in [-0.2, 0) is 4.74 Å². The monoisotopic (exact) mass is 290 g/mol. The number of rotatable bonds is 5. The molecular formula is C16H22N2O3. The van der Waals surface area contributed by atoms with Crippen LogP contribution in [0.15, 0.2) is 24.3 Å². The van der Waals surface area contributed by atoms with E-state index in [9.17, 15) is 4.79 Å². The van der Waals surface area contributed by atoms with Crippen LogP contribution in [0.2, 0.25) is 0 Å². The van der Waals surface area contributed by atoms with Crippen molar-refractivity contribution in [3.05, 3.63) is 24.3 Å². The van der Waals surface area contributed by atoms with E-state index in [1.165, 1.54) is 19.3 Å². The van der Waals surface area contributed by atoms with Gasteiger partial charge in [0.1, 0.15) is 18.5 Å². The lowest BCUT2D eigenvalue weighted by Gasteiger charge is -2.22. The maximum Gasteiger partial charge on any atom is 0.319 e. The second-order valence-corrected chi connectivity index (χ2v) is 5.73. The summed E-state index contributed by atoms with van der Waals surface area (Å²) < 4.78 is 10.7. The van der Waals surface area contributed by atoms with Gasteiger partial charge < -0.3 is 20.1 Å². The fourth-order valence-electron chi connectivity index (χ4n) is 2.62. The van der Waals surface area contributed by atoms with E-state index in [4.69, 9.17) is 9.47 Å². The van der Waals surface area contributed by atoms with Gasteiger partial charge in [-0.2, -0.15) is 0 Å². The molecule has 114 valence electrons. The zero-order valence-corrected chi connectivity index (χ0v) is 12.1. The highest BCUT2D eigenvalue weighted by Gasteiger charge is 2.23. The molecule has 2 aliphatic rings. The van der Waals surface area contributed by atoms with Crippen molar-refractivity contribution in [3.8, 4) is 5.75 Å². The lowest BCUT2D eigenvalue weighted by Crippen LogP contribution is -2.39. The number of carbonyl (C=O) groups excluding carboxylic acids is 1. The third-order valence-corrected chi connectivity index (χ3v) is 3.87. The number of nitrogens with one attached hydrogen (secondary N) is 2. The van der Waals surface area contributed by atoms with Gasteiger partial charge in [-0.3, -0.25) is 0 Å². The molecule has 1 atom stereocenters. The van der Waals surface area contributed by atoms with E-state index in [0.29, 0.717) is 12.6 Å². The van der Waals surface area contributed by atoms with Crippen molar-refractivity contribution in [2.45, 2.75) is 44.2 Å². The number of anilines is 1. The molecular weight excluding hydrogens is 268 g/mol. The van der Waals surface area contributed by atoms with Crippen LogP contribution in [0.1, 0.15) is 32.1 Å². The number of carbonyl (C=O) groups is 1. The number of urea groups is 1. The van der Waals surface area contributed by atoms with Crippen LogP contribution in [-0.4, -0.2) is 31.4 Å². The van der Waals surface area contributed by atoms with Crippen molar-refractivity contribution >= 4 is 11.7 Å². The average molecular weight is 290 g/mol. The Morgan fingerprint density at radius 1 is 1.29 bits per heavy atom. The summed E-state index contributed by atoms with van der Waals surface area (Å²) in [7, 11) is 0. The van der Waals surface area contributed by atoms with Crippen molar-refractivity contribution in [3.63, 3.8) is 0 Å². The number of hydrogen-bond acceptors (Lipinski definition) is 3. The first-order chi connectivity index (χ1) is 10.3. The Balaban J connectivity index is 1.48. The molecule has 1 aliphatic heterocycles. The normalized spacial score (nSPS) is 21.6. The minimum Gasteiger partial charge on any atom is -0.491 e. The van der Waals surface area contributed by atoms with Gasteiger partial charge in [-0.1, -0.05) is 25.3 Å². The quantitative estimate of drug-likeness (QED) is 0.820. The number of ether oxygens (including phenoxy) is 2. The molecule has 1 aromatic rings. The molecule has 5 nitrogen and oxygen atoms in total. The number of benzene rings is 1. The van der Waals surface area contributed by atoms with Gasteiger partial charge in [-0.25, -0.2) is 4.79 Å². The molecule has 1 unspecified atom stereocenters. The lowest BCUT2D eigenvalue weighted by atomic mass is 9.96. The molecule has 5 heteroatoms. The molecule has 0 spiro atoms. The van der Waals surface area contributed by atoms with Gasteiger partial charge in [0.2, 0.25) is 0 Å². The standard InChI is InChI=1S/C16H22N2O3/c19-16(17-12-5-2-1-3-6-12)18-13-7-4-8-14(9-13)20-10-15-11-21-15/h4,7-9,12,15H,1-3,5-6,10-11H2,(H2,17,18,19). The van der Waals surface area contributed by atoms with E-state index in [2.05, 4.69) is 10.6 Å². The molecule has 1 saturated carbocycles. The molecule has 1 aromatic carbocycles. The first-order valence-electron chi connectivity index (χ1n) is 7.71. The summed E-state index contributed by atoms with van der Waals surface area (Å²) in [5.74, 6) is 0.751. The second kappa shape index (κ2) is 6.80. The van der Waals surface area contributed by atoms with Crippen LogP contribution in [0, 0.1) is 0 Å². The molecule has 1 saturated heterocycles. The first-order valence-corrected chi connectivity index (χ1v) is 7.71. The van der Waals surface area contributed by atoms with Gasteiger partial charge in [-0.05, 0) is 25.0 Å². The molecule has 0 radical (unpaired) electrons. The number of hydrogen-bond donors (Lipinski definition) is 2. The Labute approximate surface area is 125 Å². The maximum absolute atomic E-state index is 12.0. The molecule has 2 fully saturated rings. The molecule has 2 amide bonds. The molecule has 0 bridgehead atoms. The van der Waals surface area contributed by atoms with Crippen molar-refractivity contribution in [2.75, 3.05) is 18.5 Å². The fourth-order valence-corrected chi connectivity index (χ4v) is 2.62. The Kier molecular flexibility index (Phi) is 4.60. The fraction of sp³-hybridized carbons (Fsp3) is 0.562. The van der Waals surface area contributed by atoms with Crippen molar-refractivity contribution in [1.82, 2.24) is 5.32 Å². The highest BCUT2D eigenvalue weighted by Crippen LogP contribution is 2.20. The summed E-state index contributed by atoms with van der Waals surface area (Å²) in [5, 5.41) is 5.91. The van der Waals surface area contributed by atoms with E-state index in [-0.39, 0.29) is 12.1 Å². The van der Waals surface area contributed by atoms with Gasteiger partial charge in [-0.15, -0.1) is 0 Å². The summed E-state index contributed by atoms with van der Waals surface area (Å²) in [4.78, 5) is 12.0. The zero-order chi connectivity index (χ0) is 14.5. The van der Waals surface area contributed by atoms with Gasteiger partial charge in [0.05, 0.1) is 6.61 Å². The summed E-state index contributed by atoms with van der Waals surface area (Å²) in [6.07, 6.45) is 6.09. The van der Waals surface area contributed by atoms with Crippen LogP contribution < -0.4 is 15.4 Å². The predicted molar refractivity (Wildman–Crippen MR) is 80.7 cm³/mol. The van der Waals surface area contributed by atoms with Crippen LogP contribution in [0.5, 0.6) is 5.75 Å². The molecule has 1 heterocycles. The maximum atomic E-state index is 12.0. The van der Waals surface area contributed by atoms with Gasteiger partial charge >= 0.3 is 6.03 Å². The van der Waals surface area contributed by atoms with Crippen LogP contribution in [0.4, 0.5) is 10.5 Å². The first kappa shape index (κ1) is 14.2. The van der Waals surface area contributed by atoms with E-state index < -0.39 is 0 Å². The smallest absolute Gasteiger partial charge is 0.319 e. The zero-order valence-electron chi connectivity index (χ0n) is 12.1. The van der Waals surface area contributed by atoms with Crippen LogP contribution >= 0.6 is 0 Å². The van der Waals surface area contributed by atoms with Gasteiger partial charge in [0.15, 0.2) is 0 Å². The largest absolute Gasteiger partial charge is 0.491 e. The molecule has 0 aromatic heterocycles. The van der Waals surface area contributed by atoms with Crippen molar-refractivity contribution in [2.24, 2.45) is 0 Å². The third kappa shape index (κ3) is 4.63. The molecule has 2 N–H and O–H groups in total. The van der Waals surface area contributed by atoms with E-state index in [0.717, 1.165) is 30.9 Å². The van der Waals surface area contributed by atoms with Crippen molar-refractivity contribution in [1.29, 1.82) is 0 Å². The lowest BCUT2D eigenvalue weighted by molar-refractivity contribution is 0.244. The highest BCUT2D eigenvalue weighted by atomic mass is 16.6. The van der Waals surface area contributed by atoms with Crippen LogP contribution in [0.3, 0.4) is 0 Å². The van der Waals surface area contributed by atoms with Gasteiger partial charge in [0, 0.05) is 17.8 Å². The summed E-state index contributed by atoms with van der Waals surface area (Å²) in [6.45, 7) is 1.35. The predicted octanol–water partition coefficient (Wildman–Crippen LogP) is 2.92. The number of amides is 2. The third-order valence-electron chi connectivity index (χ3n) is 3.87. The van der Waals surface area contributed by atoms with Crippen molar-refractivity contribution < 1.29 is 14.3 Å². The average Bonchev–Trinajstić information content (AvgIpc) is 3.31. The Morgan fingerprint density at radius 3 is 2.86 bits per heavy atom. The molecule has 21 heavy (non-hydrogen) atoms. The summed E-state index contributed by atoms with van der Waals surface area (Å²) in [6, 6.07) is 7.63. The second-order valence-electron chi connectivity index (χ2n) is 5.73. The number of epoxide rings is 1. The summed E-state index contributed by atoms with van der Waals surface area (Å²) in [5.41, 5.74) is 0.748. The topological polar surface area (TPSA) is 62.9 Å². The van der Waals surface area contributed by atoms with Gasteiger partial charge in [0.25, 0.3) is 0 Å².